The number of hydrogen-bond donors (Lipinski definition) is 0. The van der Waals surface area contributed by atoms with Gasteiger partial charge in [0.25, 0.3) is 5.91 Å². The summed E-state index contributed by atoms with van der Waals surface area (Å²) >= 11 is 0. The van der Waals surface area contributed by atoms with E-state index >= 15 is 0 Å². The van der Waals surface area contributed by atoms with Crippen LogP contribution in [0.3, 0.4) is 0 Å². The summed E-state index contributed by atoms with van der Waals surface area (Å²) in [5, 5.41) is 0. The summed E-state index contributed by atoms with van der Waals surface area (Å²) in [7, 11) is 4.70. The number of amides is 1. The van der Waals surface area contributed by atoms with Gasteiger partial charge in [-0.3, -0.25) is 4.79 Å². The van der Waals surface area contributed by atoms with E-state index in [1.807, 2.05) is 35.2 Å². The first kappa shape index (κ1) is 17.9. The SMILES string of the molecule is COc1cc(/C=C/C(=O)N2c3ccccc3CC2C)cc(OC)c1OC. The number of fused-ring (bicyclic) bond motifs is 1. The lowest BCUT2D eigenvalue weighted by Gasteiger charge is -2.21. The van der Waals surface area contributed by atoms with E-state index in [0.29, 0.717) is 17.2 Å². The first-order valence-electron chi connectivity index (χ1n) is 8.48. The van der Waals surface area contributed by atoms with Crippen LogP contribution < -0.4 is 19.1 Å². The van der Waals surface area contributed by atoms with Crippen molar-refractivity contribution in [2.75, 3.05) is 26.2 Å². The van der Waals surface area contributed by atoms with Gasteiger partial charge in [0.15, 0.2) is 11.5 Å². The van der Waals surface area contributed by atoms with Crippen molar-refractivity contribution in [2.24, 2.45) is 0 Å². The van der Waals surface area contributed by atoms with Crippen molar-refractivity contribution < 1.29 is 19.0 Å². The van der Waals surface area contributed by atoms with Crippen LogP contribution in [0.4, 0.5) is 5.69 Å². The highest BCUT2D eigenvalue weighted by atomic mass is 16.5. The lowest BCUT2D eigenvalue weighted by atomic mass is 10.1. The Morgan fingerprint density at radius 3 is 2.35 bits per heavy atom. The Bertz CT molecular complexity index is 819. The molecule has 3 rings (SSSR count). The Morgan fingerprint density at radius 2 is 1.73 bits per heavy atom. The number of rotatable bonds is 5. The van der Waals surface area contributed by atoms with E-state index in [-0.39, 0.29) is 11.9 Å². The van der Waals surface area contributed by atoms with Gasteiger partial charge in [-0.25, -0.2) is 0 Å². The molecule has 0 saturated carbocycles. The Kier molecular flexibility index (Phi) is 5.16. The molecule has 0 bridgehead atoms. The molecule has 1 aliphatic rings. The molecule has 0 saturated heterocycles. The standard InChI is InChI=1S/C21H23NO4/c1-14-11-16-7-5-6-8-17(16)22(14)20(23)10-9-15-12-18(24-2)21(26-4)19(13-15)25-3/h5-10,12-14H,11H2,1-4H3/b10-9+. The average Bonchev–Trinajstić information content (AvgIpc) is 3.00. The van der Waals surface area contributed by atoms with Crippen LogP contribution in [0.2, 0.25) is 0 Å². The van der Waals surface area contributed by atoms with E-state index in [4.69, 9.17) is 14.2 Å². The molecule has 5 heteroatoms. The Hall–Kier alpha value is -2.95. The summed E-state index contributed by atoms with van der Waals surface area (Å²) < 4.78 is 16.0. The molecule has 0 aliphatic carbocycles. The van der Waals surface area contributed by atoms with E-state index in [1.54, 1.807) is 33.5 Å². The van der Waals surface area contributed by atoms with Crippen molar-refractivity contribution in [1.82, 2.24) is 0 Å². The number of nitrogens with zero attached hydrogens (tertiary/aromatic N) is 1. The molecule has 2 aromatic carbocycles. The summed E-state index contributed by atoms with van der Waals surface area (Å²) in [6, 6.07) is 11.8. The third-order valence-corrected chi connectivity index (χ3v) is 4.55. The van der Waals surface area contributed by atoms with Crippen LogP contribution in [0.15, 0.2) is 42.5 Å². The van der Waals surface area contributed by atoms with Crippen molar-refractivity contribution in [3.8, 4) is 17.2 Å². The summed E-state index contributed by atoms with van der Waals surface area (Å²) in [4.78, 5) is 14.6. The minimum atomic E-state index is -0.0452. The lowest BCUT2D eigenvalue weighted by molar-refractivity contribution is -0.114. The molecule has 5 nitrogen and oxygen atoms in total. The van der Waals surface area contributed by atoms with Gasteiger partial charge >= 0.3 is 0 Å². The maximum Gasteiger partial charge on any atom is 0.251 e. The molecule has 1 atom stereocenters. The topological polar surface area (TPSA) is 48.0 Å². The average molecular weight is 353 g/mol. The van der Waals surface area contributed by atoms with Crippen molar-refractivity contribution in [2.45, 2.75) is 19.4 Å². The van der Waals surface area contributed by atoms with Crippen LogP contribution in [-0.2, 0) is 11.2 Å². The monoisotopic (exact) mass is 353 g/mol. The third kappa shape index (κ3) is 3.25. The van der Waals surface area contributed by atoms with Gasteiger partial charge in [-0.1, -0.05) is 18.2 Å². The number of carbonyl (C=O) groups excluding carboxylic acids is 1. The van der Waals surface area contributed by atoms with Crippen LogP contribution in [0.25, 0.3) is 6.08 Å². The molecular formula is C21H23NO4. The molecule has 0 N–H and O–H groups in total. The quantitative estimate of drug-likeness (QED) is 0.769. The van der Waals surface area contributed by atoms with Crippen LogP contribution in [0.1, 0.15) is 18.1 Å². The molecule has 1 unspecified atom stereocenters. The normalized spacial score (nSPS) is 15.8. The molecule has 0 spiro atoms. The fourth-order valence-electron chi connectivity index (χ4n) is 3.35. The smallest absolute Gasteiger partial charge is 0.251 e. The number of benzene rings is 2. The molecule has 136 valence electrons. The first-order chi connectivity index (χ1) is 12.6. The highest BCUT2D eigenvalue weighted by Crippen LogP contribution is 2.38. The molecule has 0 radical (unpaired) electrons. The minimum absolute atomic E-state index is 0.0452. The molecule has 1 amide bonds. The van der Waals surface area contributed by atoms with Gasteiger partial charge < -0.3 is 19.1 Å². The molecule has 26 heavy (non-hydrogen) atoms. The predicted molar refractivity (Wildman–Crippen MR) is 102 cm³/mol. The zero-order valence-electron chi connectivity index (χ0n) is 15.5. The third-order valence-electron chi connectivity index (χ3n) is 4.55. The molecule has 0 fully saturated rings. The van der Waals surface area contributed by atoms with Crippen LogP contribution >= 0.6 is 0 Å². The maximum absolute atomic E-state index is 12.8. The van der Waals surface area contributed by atoms with E-state index < -0.39 is 0 Å². The van der Waals surface area contributed by atoms with Crippen LogP contribution in [0.5, 0.6) is 17.2 Å². The molecule has 2 aromatic rings. The van der Waals surface area contributed by atoms with Gasteiger partial charge in [-0.2, -0.15) is 0 Å². The summed E-state index contributed by atoms with van der Waals surface area (Å²) in [5.74, 6) is 1.59. The number of hydrogen-bond acceptors (Lipinski definition) is 4. The number of ether oxygens (including phenoxy) is 3. The Morgan fingerprint density at radius 1 is 1.08 bits per heavy atom. The second-order valence-electron chi connectivity index (χ2n) is 6.18. The Balaban J connectivity index is 1.87. The zero-order chi connectivity index (χ0) is 18.7. The lowest BCUT2D eigenvalue weighted by Crippen LogP contribution is -2.34. The highest BCUT2D eigenvalue weighted by molar-refractivity contribution is 6.05. The largest absolute Gasteiger partial charge is 0.493 e. The second-order valence-corrected chi connectivity index (χ2v) is 6.18. The highest BCUT2D eigenvalue weighted by Gasteiger charge is 2.29. The van der Waals surface area contributed by atoms with Gasteiger partial charge in [0, 0.05) is 17.8 Å². The Labute approximate surface area is 153 Å². The van der Waals surface area contributed by atoms with Crippen molar-refractivity contribution in [3.63, 3.8) is 0 Å². The zero-order valence-corrected chi connectivity index (χ0v) is 15.5. The molecule has 1 heterocycles. The molecular weight excluding hydrogens is 330 g/mol. The number of para-hydroxylation sites is 1. The van der Waals surface area contributed by atoms with Crippen molar-refractivity contribution in [3.05, 3.63) is 53.6 Å². The molecule has 1 aliphatic heterocycles. The summed E-state index contributed by atoms with van der Waals surface area (Å²) in [6.07, 6.45) is 4.22. The number of anilines is 1. The van der Waals surface area contributed by atoms with Gasteiger partial charge in [0.05, 0.1) is 21.3 Å². The van der Waals surface area contributed by atoms with Gasteiger partial charge in [-0.15, -0.1) is 0 Å². The van der Waals surface area contributed by atoms with Crippen LogP contribution in [-0.4, -0.2) is 33.3 Å². The van der Waals surface area contributed by atoms with E-state index in [2.05, 4.69) is 13.0 Å². The summed E-state index contributed by atoms with van der Waals surface area (Å²) in [5.41, 5.74) is 2.99. The fraction of sp³-hybridized carbons (Fsp3) is 0.286. The van der Waals surface area contributed by atoms with E-state index in [0.717, 1.165) is 17.7 Å². The van der Waals surface area contributed by atoms with E-state index in [1.165, 1.54) is 5.56 Å². The van der Waals surface area contributed by atoms with Crippen LogP contribution in [0, 0.1) is 0 Å². The minimum Gasteiger partial charge on any atom is -0.493 e. The van der Waals surface area contributed by atoms with Gasteiger partial charge in [0.1, 0.15) is 0 Å². The predicted octanol–water partition coefficient (Wildman–Crippen LogP) is 3.70. The second kappa shape index (κ2) is 7.52. The van der Waals surface area contributed by atoms with Crippen molar-refractivity contribution in [1.29, 1.82) is 0 Å². The van der Waals surface area contributed by atoms with Gasteiger partial charge in [0.2, 0.25) is 5.75 Å². The number of methoxy groups -OCH3 is 3. The first-order valence-corrected chi connectivity index (χ1v) is 8.48. The van der Waals surface area contributed by atoms with E-state index in [9.17, 15) is 4.79 Å². The maximum atomic E-state index is 12.8. The molecule has 0 aromatic heterocycles. The fourth-order valence-corrected chi connectivity index (χ4v) is 3.35. The van der Waals surface area contributed by atoms with Crippen molar-refractivity contribution >= 4 is 17.7 Å². The van der Waals surface area contributed by atoms with Gasteiger partial charge in [-0.05, 0) is 48.7 Å². The number of carbonyl (C=O) groups is 1. The summed E-state index contributed by atoms with van der Waals surface area (Å²) in [6.45, 7) is 2.06.